The molecule has 1 aromatic rings. The molecular weight excluding hydrogens is 250 g/mol. The van der Waals surface area contributed by atoms with Crippen molar-refractivity contribution in [3.8, 4) is 5.75 Å². The van der Waals surface area contributed by atoms with Gasteiger partial charge in [-0.15, -0.1) is 0 Å². The number of benzene rings is 1. The van der Waals surface area contributed by atoms with Crippen molar-refractivity contribution < 1.29 is 9.47 Å². The fraction of sp³-hybridized carbons (Fsp3) is 0.571. The first-order valence-corrected chi connectivity index (χ1v) is 6.76. The van der Waals surface area contributed by atoms with Gasteiger partial charge in [0.1, 0.15) is 5.75 Å². The molecule has 1 aliphatic carbocycles. The van der Waals surface area contributed by atoms with Gasteiger partial charge >= 0.3 is 0 Å². The van der Waals surface area contributed by atoms with Gasteiger partial charge in [0.05, 0.1) is 19.8 Å². The number of methoxy groups -OCH3 is 1. The first-order valence-electron chi connectivity index (χ1n) is 6.38. The maximum absolute atomic E-state index is 5.99. The van der Waals surface area contributed by atoms with E-state index in [1.807, 2.05) is 18.2 Å². The number of hydrogen-bond donors (Lipinski definition) is 1. The Balaban J connectivity index is 1.94. The van der Waals surface area contributed by atoms with E-state index in [1.54, 1.807) is 7.11 Å². The Hall–Kier alpha value is -0.770. The van der Waals surface area contributed by atoms with E-state index in [0.29, 0.717) is 11.6 Å². The van der Waals surface area contributed by atoms with Crippen LogP contribution in [-0.2, 0) is 11.3 Å². The summed E-state index contributed by atoms with van der Waals surface area (Å²) in [6, 6.07) is 5.86. The summed E-state index contributed by atoms with van der Waals surface area (Å²) in [5.74, 6) is 0.819. The molecule has 3 nitrogen and oxygen atoms in total. The smallest absolute Gasteiger partial charge is 0.124 e. The number of halogens is 1. The Morgan fingerprint density at radius 3 is 2.94 bits per heavy atom. The molecule has 0 bridgehead atoms. The molecule has 0 radical (unpaired) electrons. The quantitative estimate of drug-likeness (QED) is 0.913. The molecule has 4 heteroatoms. The summed E-state index contributed by atoms with van der Waals surface area (Å²) < 4.78 is 11.2. The van der Waals surface area contributed by atoms with Gasteiger partial charge in [0.25, 0.3) is 0 Å². The minimum absolute atomic E-state index is 0.262. The summed E-state index contributed by atoms with van der Waals surface area (Å²) in [6.07, 6.45) is 4.57. The lowest BCUT2D eigenvalue weighted by Gasteiger charge is -2.26. The van der Waals surface area contributed by atoms with Crippen molar-refractivity contribution in [3.05, 3.63) is 28.8 Å². The fourth-order valence-corrected chi connectivity index (χ4v) is 2.59. The highest BCUT2D eigenvalue weighted by Crippen LogP contribution is 2.26. The molecule has 0 aromatic heterocycles. The third-order valence-corrected chi connectivity index (χ3v) is 3.62. The van der Waals surface area contributed by atoms with Crippen LogP contribution in [-0.4, -0.2) is 19.3 Å². The minimum atomic E-state index is 0.262. The topological polar surface area (TPSA) is 44.5 Å². The largest absolute Gasteiger partial charge is 0.496 e. The molecule has 0 saturated heterocycles. The van der Waals surface area contributed by atoms with Gasteiger partial charge in [0.15, 0.2) is 0 Å². The average molecular weight is 270 g/mol. The molecular formula is C14H20ClNO2. The summed E-state index contributed by atoms with van der Waals surface area (Å²) in [5.41, 5.74) is 6.94. The normalized spacial score (nSPS) is 23.9. The third kappa shape index (κ3) is 3.61. The van der Waals surface area contributed by atoms with Crippen LogP contribution in [0.25, 0.3) is 0 Å². The highest BCUT2D eigenvalue weighted by Gasteiger charge is 2.20. The Morgan fingerprint density at radius 1 is 1.39 bits per heavy atom. The molecule has 2 rings (SSSR count). The highest BCUT2D eigenvalue weighted by atomic mass is 35.5. The van der Waals surface area contributed by atoms with Crippen molar-refractivity contribution in [1.82, 2.24) is 0 Å². The molecule has 0 aliphatic heterocycles. The van der Waals surface area contributed by atoms with Gasteiger partial charge < -0.3 is 15.2 Å². The van der Waals surface area contributed by atoms with Crippen molar-refractivity contribution in [2.75, 3.05) is 7.11 Å². The Morgan fingerprint density at radius 2 is 2.22 bits per heavy atom. The highest BCUT2D eigenvalue weighted by molar-refractivity contribution is 6.30. The van der Waals surface area contributed by atoms with Crippen LogP contribution in [0.2, 0.25) is 5.02 Å². The predicted octanol–water partition coefficient (Wildman–Crippen LogP) is 3.14. The van der Waals surface area contributed by atoms with E-state index < -0.39 is 0 Å². The van der Waals surface area contributed by atoms with Gasteiger partial charge in [-0.3, -0.25) is 0 Å². The molecule has 0 spiro atoms. The number of rotatable bonds is 4. The van der Waals surface area contributed by atoms with E-state index in [-0.39, 0.29) is 12.1 Å². The van der Waals surface area contributed by atoms with E-state index in [2.05, 4.69) is 0 Å². The molecule has 1 fully saturated rings. The van der Waals surface area contributed by atoms with Crippen LogP contribution in [0.15, 0.2) is 18.2 Å². The van der Waals surface area contributed by atoms with Crippen LogP contribution >= 0.6 is 11.6 Å². The Labute approximate surface area is 113 Å². The molecule has 1 aliphatic rings. The minimum Gasteiger partial charge on any atom is -0.496 e. The maximum atomic E-state index is 5.99. The standard InChI is InChI=1S/C14H20ClNO2/c1-17-14-6-5-11(15)7-10(14)9-18-13-4-2-3-12(16)8-13/h5-7,12-13H,2-4,8-9,16H2,1H3. The zero-order valence-electron chi connectivity index (χ0n) is 10.7. The molecule has 18 heavy (non-hydrogen) atoms. The summed E-state index contributed by atoms with van der Waals surface area (Å²) in [6.45, 7) is 0.529. The first kappa shape index (κ1) is 13.7. The van der Waals surface area contributed by atoms with E-state index in [1.165, 1.54) is 0 Å². The molecule has 100 valence electrons. The van der Waals surface area contributed by atoms with E-state index in [0.717, 1.165) is 37.0 Å². The number of hydrogen-bond acceptors (Lipinski definition) is 3. The van der Waals surface area contributed by atoms with Gasteiger partial charge in [0, 0.05) is 16.6 Å². The van der Waals surface area contributed by atoms with Gasteiger partial charge in [0.2, 0.25) is 0 Å². The first-order chi connectivity index (χ1) is 8.69. The van der Waals surface area contributed by atoms with Crippen molar-refractivity contribution in [2.24, 2.45) is 5.73 Å². The Kier molecular flexibility index (Phi) is 4.87. The van der Waals surface area contributed by atoms with E-state index >= 15 is 0 Å². The molecule has 0 heterocycles. The SMILES string of the molecule is COc1ccc(Cl)cc1COC1CCCC(N)C1. The second-order valence-corrected chi connectivity index (χ2v) is 5.25. The van der Waals surface area contributed by atoms with Crippen LogP contribution in [0.1, 0.15) is 31.2 Å². The molecule has 0 amide bonds. The van der Waals surface area contributed by atoms with Crippen LogP contribution < -0.4 is 10.5 Å². The third-order valence-electron chi connectivity index (χ3n) is 3.38. The van der Waals surface area contributed by atoms with Crippen LogP contribution in [0.4, 0.5) is 0 Å². The lowest BCUT2D eigenvalue weighted by atomic mass is 9.93. The van der Waals surface area contributed by atoms with Gasteiger partial charge in [-0.25, -0.2) is 0 Å². The zero-order valence-corrected chi connectivity index (χ0v) is 11.5. The monoisotopic (exact) mass is 269 g/mol. The van der Waals surface area contributed by atoms with Crippen molar-refractivity contribution in [3.63, 3.8) is 0 Å². The zero-order chi connectivity index (χ0) is 13.0. The van der Waals surface area contributed by atoms with Gasteiger partial charge in [-0.1, -0.05) is 11.6 Å². The maximum Gasteiger partial charge on any atom is 0.124 e. The second-order valence-electron chi connectivity index (χ2n) is 4.82. The predicted molar refractivity (Wildman–Crippen MR) is 73.0 cm³/mol. The van der Waals surface area contributed by atoms with Crippen molar-refractivity contribution in [2.45, 2.75) is 44.4 Å². The van der Waals surface area contributed by atoms with Crippen LogP contribution in [0.5, 0.6) is 5.75 Å². The fourth-order valence-electron chi connectivity index (χ4n) is 2.40. The molecule has 1 aromatic carbocycles. The summed E-state index contributed by atoms with van der Waals surface area (Å²) >= 11 is 5.99. The van der Waals surface area contributed by atoms with Crippen LogP contribution in [0, 0.1) is 0 Å². The summed E-state index contributed by atoms with van der Waals surface area (Å²) in [5, 5.41) is 0.703. The molecule has 2 N–H and O–H groups in total. The van der Waals surface area contributed by atoms with Gasteiger partial charge in [-0.05, 0) is 43.9 Å². The summed E-state index contributed by atoms with van der Waals surface area (Å²) in [7, 11) is 1.66. The van der Waals surface area contributed by atoms with Gasteiger partial charge in [-0.2, -0.15) is 0 Å². The Bertz CT molecular complexity index is 397. The van der Waals surface area contributed by atoms with Crippen molar-refractivity contribution in [1.29, 1.82) is 0 Å². The van der Waals surface area contributed by atoms with E-state index in [9.17, 15) is 0 Å². The van der Waals surface area contributed by atoms with E-state index in [4.69, 9.17) is 26.8 Å². The van der Waals surface area contributed by atoms with Crippen molar-refractivity contribution >= 4 is 11.6 Å². The number of ether oxygens (including phenoxy) is 2. The lowest BCUT2D eigenvalue weighted by Crippen LogP contribution is -2.32. The molecule has 2 atom stereocenters. The summed E-state index contributed by atoms with van der Waals surface area (Å²) in [4.78, 5) is 0. The molecule has 1 saturated carbocycles. The molecule has 2 unspecified atom stereocenters. The number of nitrogens with two attached hydrogens (primary N) is 1. The van der Waals surface area contributed by atoms with Crippen LogP contribution in [0.3, 0.4) is 0 Å². The lowest BCUT2D eigenvalue weighted by molar-refractivity contribution is 0.0115. The average Bonchev–Trinajstić information content (AvgIpc) is 2.37. The second kappa shape index (κ2) is 6.41.